The van der Waals surface area contributed by atoms with Gasteiger partial charge >= 0.3 is 0 Å². The number of rotatable bonds is 5. The van der Waals surface area contributed by atoms with E-state index in [1.54, 1.807) is 0 Å². The number of fused-ring (bicyclic) bond motifs is 1. The van der Waals surface area contributed by atoms with Crippen LogP contribution in [0.3, 0.4) is 0 Å². The van der Waals surface area contributed by atoms with E-state index in [9.17, 15) is 0 Å². The second-order valence-corrected chi connectivity index (χ2v) is 6.31. The first-order valence-corrected chi connectivity index (χ1v) is 8.03. The van der Waals surface area contributed by atoms with E-state index in [1.807, 2.05) is 36.4 Å². The quantitative estimate of drug-likeness (QED) is 0.691. The molecule has 0 amide bonds. The van der Waals surface area contributed by atoms with E-state index in [-0.39, 0.29) is 12.4 Å². The highest BCUT2D eigenvalue weighted by atomic mass is 35.5. The van der Waals surface area contributed by atoms with Gasteiger partial charge in [0.25, 0.3) is 0 Å². The molecule has 3 rings (SSSR count). The number of nitrogens with two attached hydrogens (primary N) is 1. The van der Waals surface area contributed by atoms with Gasteiger partial charge in [0.15, 0.2) is 0 Å². The van der Waals surface area contributed by atoms with E-state index in [0.717, 1.165) is 17.6 Å². The van der Waals surface area contributed by atoms with Crippen molar-refractivity contribution in [2.45, 2.75) is 25.8 Å². The minimum absolute atomic E-state index is 0. The number of halogens is 1. The fraction of sp³-hybridized carbons (Fsp3) is 0.238. The van der Waals surface area contributed by atoms with Crippen molar-refractivity contribution in [1.82, 2.24) is 0 Å². The standard InChI is InChI=1S/C21H23NO.ClH/c1-16-8-3-6-12-19(16)21(2,22)14-15-23-20-13-7-10-17-9-4-5-11-18(17)20;/h3-13H,14-15,22H2,1-2H3;1H. The summed E-state index contributed by atoms with van der Waals surface area (Å²) in [5.74, 6) is 0.920. The van der Waals surface area contributed by atoms with Crippen LogP contribution in [0, 0.1) is 6.92 Å². The van der Waals surface area contributed by atoms with Gasteiger partial charge in [0.05, 0.1) is 6.61 Å². The molecule has 2 nitrogen and oxygen atoms in total. The van der Waals surface area contributed by atoms with Crippen LogP contribution in [0.15, 0.2) is 66.7 Å². The molecule has 0 aliphatic rings. The van der Waals surface area contributed by atoms with Crippen LogP contribution in [0.4, 0.5) is 0 Å². The van der Waals surface area contributed by atoms with Crippen LogP contribution in [0.25, 0.3) is 10.8 Å². The Balaban J connectivity index is 0.00000208. The molecule has 1 unspecified atom stereocenters. The van der Waals surface area contributed by atoms with Gasteiger partial charge < -0.3 is 10.5 Å². The number of hydrogen-bond acceptors (Lipinski definition) is 2. The lowest BCUT2D eigenvalue weighted by Crippen LogP contribution is -2.35. The fourth-order valence-electron chi connectivity index (χ4n) is 3.04. The van der Waals surface area contributed by atoms with Gasteiger partial charge in [-0.25, -0.2) is 0 Å². The van der Waals surface area contributed by atoms with Gasteiger partial charge in [-0.1, -0.05) is 60.7 Å². The van der Waals surface area contributed by atoms with Crippen molar-refractivity contribution in [3.05, 3.63) is 77.9 Å². The lowest BCUT2D eigenvalue weighted by Gasteiger charge is -2.27. The third kappa shape index (κ3) is 3.89. The van der Waals surface area contributed by atoms with E-state index < -0.39 is 5.54 Å². The number of benzene rings is 3. The molecule has 0 spiro atoms. The third-order valence-electron chi connectivity index (χ3n) is 4.39. The number of ether oxygens (including phenoxy) is 1. The van der Waals surface area contributed by atoms with Gasteiger partial charge in [0.1, 0.15) is 5.75 Å². The molecule has 0 bridgehead atoms. The molecule has 0 saturated heterocycles. The Morgan fingerprint density at radius 3 is 2.38 bits per heavy atom. The van der Waals surface area contributed by atoms with Crippen molar-refractivity contribution in [1.29, 1.82) is 0 Å². The lowest BCUT2D eigenvalue weighted by atomic mass is 9.87. The van der Waals surface area contributed by atoms with E-state index in [4.69, 9.17) is 10.5 Å². The third-order valence-corrected chi connectivity index (χ3v) is 4.39. The zero-order valence-corrected chi connectivity index (χ0v) is 15.0. The van der Waals surface area contributed by atoms with Crippen LogP contribution in [0.1, 0.15) is 24.5 Å². The zero-order chi connectivity index (χ0) is 16.3. The molecule has 0 aliphatic carbocycles. The summed E-state index contributed by atoms with van der Waals surface area (Å²) in [5.41, 5.74) is 8.55. The zero-order valence-electron chi connectivity index (χ0n) is 14.2. The molecular formula is C21H24ClNO. The Morgan fingerprint density at radius 1 is 0.917 bits per heavy atom. The molecule has 126 valence electrons. The maximum absolute atomic E-state index is 6.54. The maximum atomic E-state index is 6.54. The molecule has 3 heteroatoms. The molecular weight excluding hydrogens is 318 g/mol. The Labute approximate surface area is 150 Å². The van der Waals surface area contributed by atoms with Crippen molar-refractivity contribution in [2.75, 3.05) is 6.61 Å². The first-order valence-electron chi connectivity index (χ1n) is 8.03. The molecule has 3 aromatic rings. The predicted molar refractivity (Wildman–Crippen MR) is 104 cm³/mol. The molecule has 0 heterocycles. The van der Waals surface area contributed by atoms with E-state index in [1.165, 1.54) is 16.5 Å². The highest BCUT2D eigenvalue weighted by molar-refractivity contribution is 5.88. The van der Waals surface area contributed by atoms with Crippen LogP contribution in [0.2, 0.25) is 0 Å². The molecule has 0 saturated carbocycles. The average molecular weight is 342 g/mol. The van der Waals surface area contributed by atoms with Crippen molar-refractivity contribution in [3.8, 4) is 5.75 Å². The van der Waals surface area contributed by atoms with Crippen LogP contribution in [-0.2, 0) is 5.54 Å². The fourth-order valence-corrected chi connectivity index (χ4v) is 3.04. The summed E-state index contributed by atoms with van der Waals surface area (Å²) < 4.78 is 6.04. The lowest BCUT2D eigenvalue weighted by molar-refractivity contribution is 0.269. The molecule has 1 atom stereocenters. The maximum Gasteiger partial charge on any atom is 0.127 e. The predicted octanol–water partition coefficient (Wildman–Crippen LogP) is 5.21. The number of hydrogen-bond donors (Lipinski definition) is 1. The first kappa shape index (κ1) is 18.3. The Hall–Kier alpha value is -2.03. The molecule has 0 aromatic heterocycles. The van der Waals surface area contributed by atoms with E-state index in [0.29, 0.717) is 6.61 Å². The summed E-state index contributed by atoms with van der Waals surface area (Å²) in [6, 6.07) is 22.7. The minimum atomic E-state index is -0.393. The summed E-state index contributed by atoms with van der Waals surface area (Å²) in [5, 5.41) is 2.34. The summed E-state index contributed by atoms with van der Waals surface area (Å²) in [6.45, 7) is 4.77. The van der Waals surface area contributed by atoms with Crippen molar-refractivity contribution < 1.29 is 4.74 Å². The molecule has 24 heavy (non-hydrogen) atoms. The summed E-state index contributed by atoms with van der Waals surface area (Å²) in [7, 11) is 0. The minimum Gasteiger partial charge on any atom is -0.493 e. The summed E-state index contributed by atoms with van der Waals surface area (Å²) >= 11 is 0. The molecule has 0 radical (unpaired) electrons. The monoisotopic (exact) mass is 341 g/mol. The first-order chi connectivity index (χ1) is 11.1. The normalized spacial score (nSPS) is 13.1. The van der Waals surface area contributed by atoms with E-state index >= 15 is 0 Å². The van der Waals surface area contributed by atoms with Gasteiger partial charge in [-0.3, -0.25) is 0 Å². The second-order valence-electron chi connectivity index (χ2n) is 6.31. The molecule has 3 aromatic carbocycles. The Bertz CT molecular complexity index is 808. The highest BCUT2D eigenvalue weighted by Gasteiger charge is 2.22. The SMILES string of the molecule is Cc1ccccc1C(C)(N)CCOc1cccc2ccccc12.Cl. The van der Waals surface area contributed by atoms with Gasteiger partial charge in [-0.05, 0) is 36.4 Å². The Kier molecular flexibility index (Phi) is 5.87. The molecule has 0 fully saturated rings. The van der Waals surface area contributed by atoms with Gasteiger partial charge in [0, 0.05) is 17.3 Å². The highest BCUT2D eigenvalue weighted by Crippen LogP contribution is 2.28. The average Bonchev–Trinajstić information content (AvgIpc) is 2.55. The number of aryl methyl sites for hydroxylation is 1. The molecule has 2 N–H and O–H groups in total. The van der Waals surface area contributed by atoms with Crippen LogP contribution >= 0.6 is 12.4 Å². The largest absolute Gasteiger partial charge is 0.493 e. The van der Waals surface area contributed by atoms with E-state index in [2.05, 4.69) is 44.2 Å². The Morgan fingerprint density at radius 2 is 1.58 bits per heavy atom. The van der Waals surface area contributed by atoms with Crippen LogP contribution in [-0.4, -0.2) is 6.61 Å². The van der Waals surface area contributed by atoms with Crippen molar-refractivity contribution in [3.63, 3.8) is 0 Å². The van der Waals surface area contributed by atoms with Gasteiger partial charge in [0.2, 0.25) is 0 Å². The molecule has 0 aliphatic heterocycles. The van der Waals surface area contributed by atoms with Crippen LogP contribution in [0.5, 0.6) is 5.75 Å². The van der Waals surface area contributed by atoms with Crippen LogP contribution < -0.4 is 10.5 Å². The smallest absolute Gasteiger partial charge is 0.127 e. The van der Waals surface area contributed by atoms with Gasteiger partial charge in [-0.15, -0.1) is 12.4 Å². The van der Waals surface area contributed by atoms with Gasteiger partial charge in [-0.2, -0.15) is 0 Å². The second kappa shape index (κ2) is 7.69. The summed E-state index contributed by atoms with van der Waals surface area (Å²) in [4.78, 5) is 0. The summed E-state index contributed by atoms with van der Waals surface area (Å²) in [6.07, 6.45) is 0.765. The van der Waals surface area contributed by atoms with Crippen molar-refractivity contribution in [2.24, 2.45) is 5.73 Å². The topological polar surface area (TPSA) is 35.2 Å². The van der Waals surface area contributed by atoms with Crippen molar-refractivity contribution >= 4 is 23.2 Å².